The molecule has 2 saturated heterocycles. The zero-order valence-corrected chi connectivity index (χ0v) is 13.2. The summed E-state index contributed by atoms with van der Waals surface area (Å²) in [5, 5.41) is 15.0. The van der Waals surface area contributed by atoms with Crippen molar-refractivity contribution in [1.29, 1.82) is 0 Å². The molecule has 0 spiro atoms. The number of hydrogen-bond donors (Lipinski definition) is 4. The van der Waals surface area contributed by atoms with Crippen LogP contribution in [0.5, 0.6) is 0 Å². The number of nitrogens with zero attached hydrogens (tertiary/aromatic N) is 1. The molecule has 2 aliphatic rings. The van der Waals surface area contributed by atoms with E-state index in [2.05, 4.69) is 10.6 Å². The Morgan fingerprint density at radius 3 is 2.67 bits per heavy atom. The molecule has 2 fully saturated rings. The van der Waals surface area contributed by atoms with Crippen molar-refractivity contribution in [1.82, 2.24) is 5.32 Å². The number of carbonyl (C=O) groups excluding carboxylic acids is 2. The molecule has 2 aliphatic heterocycles. The van der Waals surface area contributed by atoms with Crippen molar-refractivity contribution in [2.75, 3.05) is 23.3 Å². The van der Waals surface area contributed by atoms with Crippen LogP contribution in [0.25, 0.3) is 0 Å². The lowest BCUT2D eigenvalue weighted by Crippen LogP contribution is -2.50. The number of benzene rings is 1. The molecular formula is C16H21FN4O3. The van der Waals surface area contributed by atoms with Gasteiger partial charge in [0.15, 0.2) is 0 Å². The summed E-state index contributed by atoms with van der Waals surface area (Å²) < 4.78 is 14.4. The summed E-state index contributed by atoms with van der Waals surface area (Å²) in [6.07, 6.45) is 1.40. The molecule has 130 valence electrons. The fraction of sp³-hybridized carbons (Fsp3) is 0.500. The molecule has 3 rings (SSSR count). The number of anilines is 2. The Balaban J connectivity index is 1.67. The fourth-order valence-corrected chi connectivity index (χ4v) is 3.02. The third-order valence-electron chi connectivity index (χ3n) is 4.50. The summed E-state index contributed by atoms with van der Waals surface area (Å²) in [6, 6.07) is 4.13. The van der Waals surface area contributed by atoms with Gasteiger partial charge in [0.1, 0.15) is 17.6 Å². The number of carbonyl (C=O) groups is 2. The van der Waals surface area contributed by atoms with Crippen LogP contribution in [0, 0.1) is 5.82 Å². The van der Waals surface area contributed by atoms with Gasteiger partial charge < -0.3 is 21.1 Å². The molecule has 1 unspecified atom stereocenters. The molecule has 0 aromatic heterocycles. The molecule has 1 aromatic rings. The highest BCUT2D eigenvalue weighted by Crippen LogP contribution is 2.28. The first-order valence-corrected chi connectivity index (χ1v) is 8.00. The molecular weight excluding hydrogens is 315 g/mol. The minimum atomic E-state index is -1.18. The van der Waals surface area contributed by atoms with Crippen LogP contribution in [-0.2, 0) is 9.59 Å². The minimum Gasteiger partial charge on any atom is -0.376 e. The standard InChI is InChI=1S/C16H21FN4O3/c17-11-9-10(19-12-2-4-14(22)20-15(12)23)1-3-13(11)21-7-5-16(18,24)6-8-21/h1,3,9,12,19,24H,2,4-8,18H2,(H,20,22,23). The molecule has 1 atom stereocenters. The smallest absolute Gasteiger partial charge is 0.249 e. The molecule has 24 heavy (non-hydrogen) atoms. The van der Waals surface area contributed by atoms with Gasteiger partial charge in [0.25, 0.3) is 0 Å². The van der Waals surface area contributed by atoms with Gasteiger partial charge in [0, 0.05) is 38.0 Å². The Morgan fingerprint density at radius 2 is 2.04 bits per heavy atom. The van der Waals surface area contributed by atoms with E-state index in [0.29, 0.717) is 43.7 Å². The number of piperidine rings is 2. The first kappa shape index (κ1) is 16.7. The SMILES string of the molecule is NC1(O)CCN(c2ccc(NC3CCC(=O)NC3=O)cc2F)CC1. The van der Waals surface area contributed by atoms with Crippen LogP contribution in [0.1, 0.15) is 25.7 Å². The number of amides is 2. The van der Waals surface area contributed by atoms with Crippen LogP contribution < -0.4 is 21.3 Å². The highest BCUT2D eigenvalue weighted by Gasteiger charge is 2.29. The summed E-state index contributed by atoms with van der Waals surface area (Å²) in [7, 11) is 0. The molecule has 0 saturated carbocycles. The van der Waals surface area contributed by atoms with Gasteiger partial charge in [-0.3, -0.25) is 14.9 Å². The Morgan fingerprint density at radius 1 is 1.33 bits per heavy atom. The molecule has 2 heterocycles. The van der Waals surface area contributed by atoms with E-state index in [-0.39, 0.29) is 12.3 Å². The fourth-order valence-electron chi connectivity index (χ4n) is 3.02. The van der Waals surface area contributed by atoms with Crippen molar-refractivity contribution >= 4 is 23.2 Å². The number of nitrogens with two attached hydrogens (primary N) is 1. The van der Waals surface area contributed by atoms with E-state index < -0.39 is 23.5 Å². The molecule has 2 amide bonds. The van der Waals surface area contributed by atoms with Gasteiger partial charge in [0.2, 0.25) is 11.8 Å². The van der Waals surface area contributed by atoms with Gasteiger partial charge in [-0.1, -0.05) is 0 Å². The van der Waals surface area contributed by atoms with E-state index in [1.807, 2.05) is 4.90 Å². The number of rotatable bonds is 3. The summed E-state index contributed by atoms with van der Waals surface area (Å²) in [5.41, 5.74) is 5.42. The molecule has 8 heteroatoms. The maximum absolute atomic E-state index is 14.4. The van der Waals surface area contributed by atoms with Crippen molar-refractivity contribution in [3.63, 3.8) is 0 Å². The lowest BCUT2D eigenvalue weighted by molar-refractivity contribution is -0.133. The van der Waals surface area contributed by atoms with Crippen LogP contribution in [-0.4, -0.2) is 41.8 Å². The van der Waals surface area contributed by atoms with Crippen LogP contribution in [0.3, 0.4) is 0 Å². The Hall–Kier alpha value is -2.19. The van der Waals surface area contributed by atoms with E-state index in [1.165, 1.54) is 6.07 Å². The van der Waals surface area contributed by atoms with Gasteiger partial charge in [0.05, 0.1) is 5.69 Å². The van der Waals surface area contributed by atoms with Crippen molar-refractivity contribution in [2.45, 2.75) is 37.5 Å². The first-order chi connectivity index (χ1) is 11.3. The zero-order chi connectivity index (χ0) is 17.3. The summed E-state index contributed by atoms with van der Waals surface area (Å²) in [5.74, 6) is -1.09. The monoisotopic (exact) mass is 336 g/mol. The number of imide groups is 1. The zero-order valence-electron chi connectivity index (χ0n) is 13.2. The molecule has 0 radical (unpaired) electrons. The second-order valence-electron chi connectivity index (χ2n) is 6.40. The number of hydrogen-bond acceptors (Lipinski definition) is 6. The van der Waals surface area contributed by atoms with E-state index in [1.54, 1.807) is 12.1 Å². The maximum atomic E-state index is 14.4. The van der Waals surface area contributed by atoms with Gasteiger partial charge in [-0.25, -0.2) is 4.39 Å². The second-order valence-corrected chi connectivity index (χ2v) is 6.40. The maximum Gasteiger partial charge on any atom is 0.249 e. The largest absolute Gasteiger partial charge is 0.376 e. The molecule has 5 N–H and O–H groups in total. The van der Waals surface area contributed by atoms with Crippen molar-refractivity contribution < 1.29 is 19.1 Å². The van der Waals surface area contributed by atoms with Crippen LogP contribution in [0.2, 0.25) is 0 Å². The molecule has 0 bridgehead atoms. The van der Waals surface area contributed by atoms with Crippen LogP contribution in [0.4, 0.5) is 15.8 Å². The van der Waals surface area contributed by atoms with Gasteiger partial charge in [-0.2, -0.15) is 0 Å². The molecule has 1 aromatic carbocycles. The second kappa shape index (κ2) is 6.37. The van der Waals surface area contributed by atoms with E-state index >= 15 is 0 Å². The van der Waals surface area contributed by atoms with Crippen molar-refractivity contribution in [3.8, 4) is 0 Å². The Labute approximate surface area is 139 Å². The summed E-state index contributed by atoms with van der Waals surface area (Å²) in [6.45, 7) is 0.952. The Kier molecular flexibility index (Phi) is 4.42. The summed E-state index contributed by atoms with van der Waals surface area (Å²) >= 11 is 0. The normalized spacial score (nSPS) is 23.8. The summed E-state index contributed by atoms with van der Waals surface area (Å²) in [4.78, 5) is 24.7. The van der Waals surface area contributed by atoms with Gasteiger partial charge in [-0.05, 0) is 24.6 Å². The van der Waals surface area contributed by atoms with E-state index in [9.17, 15) is 19.1 Å². The molecule has 7 nitrogen and oxygen atoms in total. The van der Waals surface area contributed by atoms with Gasteiger partial charge in [-0.15, -0.1) is 0 Å². The highest BCUT2D eigenvalue weighted by molar-refractivity contribution is 6.01. The third kappa shape index (κ3) is 3.65. The quantitative estimate of drug-likeness (QED) is 0.467. The van der Waals surface area contributed by atoms with Crippen molar-refractivity contribution in [2.24, 2.45) is 5.73 Å². The van der Waals surface area contributed by atoms with E-state index in [0.717, 1.165) is 0 Å². The lowest BCUT2D eigenvalue weighted by Gasteiger charge is -2.37. The minimum absolute atomic E-state index is 0.264. The predicted octanol–water partition coefficient (Wildman–Crippen LogP) is 0.290. The highest BCUT2D eigenvalue weighted by atomic mass is 19.1. The molecule has 0 aliphatic carbocycles. The number of halogens is 1. The van der Waals surface area contributed by atoms with Crippen LogP contribution in [0.15, 0.2) is 18.2 Å². The van der Waals surface area contributed by atoms with Crippen LogP contribution >= 0.6 is 0 Å². The van der Waals surface area contributed by atoms with Crippen molar-refractivity contribution in [3.05, 3.63) is 24.0 Å². The van der Waals surface area contributed by atoms with Gasteiger partial charge >= 0.3 is 0 Å². The lowest BCUT2D eigenvalue weighted by atomic mass is 10.0. The average Bonchev–Trinajstić information content (AvgIpc) is 2.51. The number of nitrogens with one attached hydrogen (secondary N) is 2. The van der Waals surface area contributed by atoms with E-state index in [4.69, 9.17) is 5.73 Å². The number of aliphatic hydroxyl groups is 1. The predicted molar refractivity (Wildman–Crippen MR) is 86.8 cm³/mol. The topological polar surface area (TPSA) is 108 Å². The Bertz CT molecular complexity index is 655. The first-order valence-electron chi connectivity index (χ1n) is 8.00. The third-order valence-corrected chi connectivity index (χ3v) is 4.50. The average molecular weight is 336 g/mol.